The first-order valence-corrected chi connectivity index (χ1v) is 10.8. The monoisotopic (exact) mass is 475 g/mol. The second-order valence-corrected chi connectivity index (χ2v) is 8.70. The van der Waals surface area contributed by atoms with E-state index in [-0.39, 0.29) is 5.92 Å². The van der Waals surface area contributed by atoms with Crippen molar-refractivity contribution in [1.29, 1.82) is 0 Å². The highest BCUT2D eigenvalue weighted by molar-refractivity contribution is 6.42. The van der Waals surface area contributed by atoms with Gasteiger partial charge in [0.1, 0.15) is 6.10 Å². The maximum atomic E-state index is 11.3. The summed E-state index contributed by atoms with van der Waals surface area (Å²) in [6, 6.07) is 10.7. The van der Waals surface area contributed by atoms with Crippen LogP contribution in [0.15, 0.2) is 36.4 Å². The van der Waals surface area contributed by atoms with Gasteiger partial charge in [-0.2, -0.15) is 0 Å². The smallest absolute Gasteiger partial charge is 0.307 e. The summed E-state index contributed by atoms with van der Waals surface area (Å²) in [5.74, 6) is -1.05. The molecule has 0 bridgehead atoms. The minimum absolute atomic E-state index is 0.315. The summed E-state index contributed by atoms with van der Waals surface area (Å²) < 4.78 is 6.21. The molecular weight excluding hydrogens is 456 g/mol. The van der Waals surface area contributed by atoms with Crippen LogP contribution in [0.3, 0.4) is 0 Å². The molecule has 3 rings (SSSR count). The van der Waals surface area contributed by atoms with Gasteiger partial charge in [-0.25, -0.2) is 0 Å². The molecule has 29 heavy (non-hydrogen) atoms. The summed E-state index contributed by atoms with van der Waals surface area (Å²) in [6.45, 7) is 2.49. The van der Waals surface area contributed by atoms with Crippen LogP contribution in [0, 0.1) is 5.92 Å². The number of carboxylic acid groups (broad SMARTS) is 1. The van der Waals surface area contributed by atoms with Crippen LogP contribution in [0.2, 0.25) is 20.1 Å². The van der Waals surface area contributed by atoms with E-state index >= 15 is 0 Å². The Bertz CT molecular complexity index is 825. The minimum atomic E-state index is -0.736. The topological polar surface area (TPSA) is 49.8 Å². The van der Waals surface area contributed by atoms with E-state index in [1.807, 2.05) is 12.1 Å². The Hall–Kier alpha value is -1.01. The van der Waals surface area contributed by atoms with Crippen LogP contribution in [0.1, 0.15) is 30.1 Å². The number of hydrogen-bond donors (Lipinski definition) is 1. The normalized spacial score (nSPS) is 17.6. The SMILES string of the molecule is O=C(O)C1CCCN(CCOC(c2ccc(Cl)c(Cl)c2)c2ccc(Cl)c(Cl)c2)C1. The third kappa shape index (κ3) is 6.00. The van der Waals surface area contributed by atoms with Gasteiger partial charge in [-0.15, -0.1) is 0 Å². The lowest BCUT2D eigenvalue weighted by Crippen LogP contribution is -2.40. The number of ether oxygens (including phenoxy) is 1. The van der Waals surface area contributed by atoms with E-state index < -0.39 is 12.1 Å². The Kier molecular flexibility index (Phi) is 8.08. The molecule has 0 aliphatic carbocycles. The van der Waals surface area contributed by atoms with Crippen molar-refractivity contribution in [1.82, 2.24) is 4.90 Å². The predicted molar refractivity (Wildman–Crippen MR) is 118 cm³/mol. The number of likely N-dealkylation sites (tertiary alicyclic amines) is 1. The van der Waals surface area contributed by atoms with E-state index in [4.69, 9.17) is 51.1 Å². The molecular formula is C21H21Cl4NO3. The molecule has 2 aromatic rings. The zero-order valence-corrected chi connectivity index (χ0v) is 18.6. The van der Waals surface area contributed by atoms with Crippen LogP contribution in [0.5, 0.6) is 0 Å². The fourth-order valence-corrected chi connectivity index (χ4v) is 4.11. The number of carboxylic acids is 1. The Labute approximate surface area is 190 Å². The van der Waals surface area contributed by atoms with Gasteiger partial charge in [0.25, 0.3) is 0 Å². The standard InChI is InChI=1S/C21H21Cl4NO3/c22-16-5-3-13(10-18(16)24)20(14-4-6-17(23)19(25)11-14)29-9-8-26-7-1-2-15(12-26)21(27)28/h3-6,10-11,15,20H,1-2,7-9,12H2,(H,27,28). The molecule has 0 amide bonds. The summed E-state index contributed by atoms with van der Waals surface area (Å²) in [6.07, 6.45) is 1.20. The van der Waals surface area contributed by atoms with E-state index in [1.165, 1.54) is 0 Å². The first-order chi connectivity index (χ1) is 13.8. The maximum Gasteiger partial charge on any atom is 0.307 e. The molecule has 0 saturated carbocycles. The van der Waals surface area contributed by atoms with Crippen molar-refractivity contribution in [2.24, 2.45) is 5.92 Å². The van der Waals surface area contributed by atoms with E-state index in [0.29, 0.717) is 39.8 Å². The van der Waals surface area contributed by atoms with Gasteiger partial charge in [-0.05, 0) is 54.8 Å². The first kappa shape index (κ1) is 22.7. The van der Waals surface area contributed by atoms with Gasteiger partial charge in [-0.1, -0.05) is 58.5 Å². The zero-order valence-electron chi connectivity index (χ0n) is 15.6. The van der Waals surface area contributed by atoms with E-state index in [9.17, 15) is 9.90 Å². The second-order valence-electron chi connectivity index (χ2n) is 7.08. The van der Waals surface area contributed by atoms with Crippen LogP contribution < -0.4 is 0 Å². The first-order valence-electron chi connectivity index (χ1n) is 9.32. The summed E-state index contributed by atoms with van der Waals surface area (Å²) in [5.41, 5.74) is 1.69. The van der Waals surface area contributed by atoms with Gasteiger partial charge < -0.3 is 14.7 Å². The Morgan fingerprint density at radius 1 is 1.03 bits per heavy atom. The zero-order chi connectivity index (χ0) is 21.0. The number of hydrogen-bond acceptors (Lipinski definition) is 3. The molecule has 2 aromatic carbocycles. The number of aliphatic carboxylic acids is 1. The van der Waals surface area contributed by atoms with Crippen LogP contribution in [-0.2, 0) is 9.53 Å². The molecule has 156 valence electrons. The van der Waals surface area contributed by atoms with Crippen molar-refractivity contribution in [3.05, 3.63) is 67.6 Å². The number of benzene rings is 2. The van der Waals surface area contributed by atoms with Gasteiger partial charge in [0.2, 0.25) is 0 Å². The van der Waals surface area contributed by atoms with Gasteiger partial charge >= 0.3 is 5.97 Å². The summed E-state index contributed by atoms with van der Waals surface area (Å²) in [5, 5.41) is 11.1. The van der Waals surface area contributed by atoms with Crippen molar-refractivity contribution in [3.63, 3.8) is 0 Å². The predicted octanol–water partition coefficient (Wildman–Crippen LogP) is 6.20. The van der Waals surface area contributed by atoms with Crippen molar-refractivity contribution < 1.29 is 14.6 Å². The maximum absolute atomic E-state index is 11.3. The summed E-state index contributed by atoms with van der Waals surface area (Å²) in [7, 11) is 0. The molecule has 1 saturated heterocycles. The van der Waals surface area contributed by atoms with E-state index in [1.54, 1.807) is 24.3 Å². The minimum Gasteiger partial charge on any atom is -0.481 e. The average molecular weight is 477 g/mol. The number of halogens is 4. The summed E-state index contributed by atoms with van der Waals surface area (Å²) >= 11 is 24.5. The van der Waals surface area contributed by atoms with Gasteiger partial charge in [0.05, 0.1) is 32.6 Å². The second kappa shape index (κ2) is 10.3. The van der Waals surface area contributed by atoms with Crippen LogP contribution in [0.4, 0.5) is 0 Å². The summed E-state index contributed by atoms with van der Waals surface area (Å²) in [4.78, 5) is 13.4. The quantitative estimate of drug-likeness (QED) is 0.516. The molecule has 8 heteroatoms. The fourth-order valence-electron chi connectivity index (χ4n) is 3.50. The van der Waals surface area contributed by atoms with Crippen molar-refractivity contribution in [3.8, 4) is 0 Å². The third-order valence-electron chi connectivity index (χ3n) is 5.04. The van der Waals surface area contributed by atoms with Crippen LogP contribution >= 0.6 is 46.4 Å². The molecule has 4 nitrogen and oxygen atoms in total. The van der Waals surface area contributed by atoms with E-state index in [0.717, 1.165) is 30.5 Å². The number of rotatable bonds is 7. The van der Waals surface area contributed by atoms with Gasteiger partial charge in [-0.3, -0.25) is 4.79 Å². The van der Waals surface area contributed by atoms with Crippen LogP contribution in [0.25, 0.3) is 0 Å². The molecule has 1 N–H and O–H groups in total. The number of nitrogens with zero attached hydrogens (tertiary/aromatic N) is 1. The van der Waals surface area contributed by atoms with E-state index in [2.05, 4.69) is 4.90 Å². The number of piperidine rings is 1. The molecule has 1 aliphatic heterocycles. The lowest BCUT2D eigenvalue weighted by atomic mass is 9.98. The van der Waals surface area contributed by atoms with Crippen molar-refractivity contribution in [2.75, 3.05) is 26.2 Å². The Balaban J connectivity index is 1.74. The van der Waals surface area contributed by atoms with Crippen LogP contribution in [-0.4, -0.2) is 42.2 Å². The Morgan fingerprint density at radius 2 is 1.62 bits per heavy atom. The average Bonchev–Trinajstić information content (AvgIpc) is 2.70. The fraction of sp³-hybridized carbons (Fsp3) is 0.381. The Morgan fingerprint density at radius 3 is 2.14 bits per heavy atom. The molecule has 1 heterocycles. The molecule has 1 unspecified atom stereocenters. The molecule has 1 aliphatic rings. The van der Waals surface area contributed by atoms with Gasteiger partial charge in [0.15, 0.2) is 0 Å². The largest absolute Gasteiger partial charge is 0.481 e. The molecule has 0 spiro atoms. The van der Waals surface area contributed by atoms with Gasteiger partial charge in [0, 0.05) is 13.1 Å². The highest BCUT2D eigenvalue weighted by Gasteiger charge is 2.25. The molecule has 1 fully saturated rings. The van der Waals surface area contributed by atoms with Crippen molar-refractivity contribution in [2.45, 2.75) is 18.9 Å². The molecule has 0 radical (unpaired) electrons. The molecule has 1 atom stereocenters. The highest BCUT2D eigenvalue weighted by Crippen LogP contribution is 2.34. The third-order valence-corrected chi connectivity index (χ3v) is 6.52. The number of carbonyl (C=O) groups is 1. The highest BCUT2D eigenvalue weighted by atomic mass is 35.5. The lowest BCUT2D eigenvalue weighted by Gasteiger charge is -2.31. The molecule has 0 aromatic heterocycles. The lowest BCUT2D eigenvalue weighted by molar-refractivity contribution is -0.143. The van der Waals surface area contributed by atoms with Crippen molar-refractivity contribution >= 4 is 52.4 Å².